The van der Waals surface area contributed by atoms with Gasteiger partial charge in [-0.1, -0.05) is 28.1 Å². The summed E-state index contributed by atoms with van der Waals surface area (Å²) in [5.41, 5.74) is 5.20. The molecule has 1 saturated heterocycles. The van der Waals surface area contributed by atoms with Crippen molar-refractivity contribution in [3.63, 3.8) is 0 Å². The SMILES string of the molecule is CCO/N=C(\C(=O)N[C@@H]1C(=O)N2C(C(=O)O)=C(COC(=O)CC(C)=O)CS[C@H]12)c1nc(N)sc1Cl. The monoisotopic (exact) mass is 545 g/mol. The Morgan fingerprint density at radius 2 is 2.09 bits per heavy atom. The fourth-order valence-electron chi connectivity index (χ4n) is 3.21. The van der Waals surface area contributed by atoms with Crippen LogP contribution in [-0.2, 0) is 33.5 Å². The highest BCUT2D eigenvalue weighted by Crippen LogP contribution is 2.40. The number of carboxylic acid groups (broad SMARTS) is 1. The number of carbonyl (C=O) groups is 5. The number of nitrogens with one attached hydrogen (secondary N) is 1. The van der Waals surface area contributed by atoms with Gasteiger partial charge in [-0.05, 0) is 13.8 Å². The summed E-state index contributed by atoms with van der Waals surface area (Å²) in [6.45, 7) is 2.63. The van der Waals surface area contributed by atoms with Crippen LogP contribution < -0.4 is 11.1 Å². The van der Waals surface area contributed by atoms with Gasteiger partial charge >= 0.3 is 11.9 Å². The molecule has 35 heavy (non-hydrogen) atoms. The first-order valence-electron chi connectivity index (χ1n) is 10.0. The molecule has 3 rings (SSSR count). The van der Waals surface area contributed by atoms with Crippen LogP contribution >= 0.6 is 34.7 Å². The minimum absolute atomic E-state index is 0.0131. The average molecular weight is 546 g/mol. The highest BCUT2D eigenvalue weighted by Gasteiger charge is 2.54. The van der Waals surface area contributed by atoms with E-state index in [-0.39, 0.29) is 51.1 Å². The number of hydrogen-bond acceptors (Lipinski definition) is 12. The largest absolute Gasteiger partial charge is 0.477 e. The van der Waals surface area contributed by atoms with Gasteiger partial charge in [-0.15, -0.1) is 11.8 Å². The number of carbonyl (C=O) groups excluding carboxylic acids is 4. The van der Waals surface area contributed by atoms with E-state index in [1.807, 2.05) is 0 Å². The van der Waals surface area contributed by atoms with Crippen LogP contribution in [0.3, 0.4) is 0 Å². The van der Waals surface area contributed by atoms with Crippen LogP contribution in [-0.4, -0.2) is 80.6 Å². The lowest BCUT2D eigenvalue weighted by Crippen LogP contribution is -2.71. The Morgan fingerprint density at radius 1 is 1.37 bits per heavy atom. The summed E-state index contributed by atoms with van der Waals surface area (Å²) >= 11 is 8.19. The maximum atomic E-state index is 12.9. The molecular weight excluding hydrogens is 526 g/mol. The molecule has 4 N–H and O–H groups in total. The number of oxime groups is 1. The second kappa shape index (κ2) is 11.0. The topological polar surface area (TPSA) is 191 Å². The number of rotatable bonds is 10. The molecule has 188 valence electrons. The molecule has 0 unspecified atom stereocenters. The zero-order valence-electron chi connectivity index (χ0n) is 18.4. The van der Waals surface area contributed by atoms with Gasteiger partial charge in [0.1, 0.15) is 52.6 Å². The molecular formula is C19H20ClN5O8S2. The first-order chi connectivity index (χ1) is 16.5. The van der Waals surface area contributed by atoms with Crippen LogP contribution in [0.25, 0.3) is 0 Å². The Balaban J connectivity index is 1.76. The molecule has 0 aromatic carbocycles. The summed E-state index contributed by atoms with van der Waals surface area (Å²) in [5, 5.41) is 15.3. The minimum Gasteiger partial charge on any atom is -0.477 e. The fourth-order valence-corrected chi connectivity index (χ4v) is 5.47. The van der Waals surface area contributed by atoms with Gasteiger partial charge in [-0.3, -0.25) is 24.1 Å². The first-order valence-corrected chi connectivity index (χ1v) is 12.3. The van der Waals surface area contributed by atoms with Crippen molar-refractivity contribution < 1.29 is 38.7 Å². The van der Waals surface area contributed by atoms with Crippen molar-refractivity contribution in [2.45, 2.75) is 31.7 Å². The number of fused-ring (bicyclic) bond motifs is 1. The van der Waals surface area contributed by atoms with Crippen molar-refractivity contribution in [1.29, 1.82) is 0 Å². The molecule has 2 amide bonds. The molecule has 16 heteroatoms. The van der Waals surface area contributed by atoms with Crippen molar-refractivity contribution >= 4 is 75.1 Å². The van der Waals surface area contributed by atoms with E-state index in [1.165, 1.54) is 18.7 Å². The van der Waals surface area contributed by atoms with Gasteiger partial charge in [-0.2, -0.15) is 0 Å². The normalized spacial score (nSPS) is 19.6. The van der Waals surface area contributed by atoms with Crippen LogP contribution in [0.4, 0.5) is 5.13 Å². The fraction of sp³-hybridized carbons (Fsp3) is 0.421. The molecule has 2 aliphatic heterocycles. The molecule has 13 nitrogen and oxygen atoms in total. The third-order valence-electron chi connectivity index (χ3n) is 4.66. The molecule has 2 aliphatic rings. The van der Waals surface area contributed by atoms with Gasteiger partial charge in [0.05, 0.1) is 0 Å². The summed E-state index contributed by atoms with van der Waals surface area (Å²) in [7, 11) is 0. The Morgan fingerprint density at radius 3 is 2.66 bits per heavy atom. The van der Waals surface area contributed by atoms with Gasteiger partial charge in [-0.25, -0.2) is 9.78 Å². The summed E-state index contributed by atoms with van der Waals surface area (Å²) < 4.78 is 5.08. The molecule has 3 heterocycles. The summed E-state index contributed by atoms with van der Waals surface area (Å²) in [6.07, 6.45) is -0.442. The lowest BCUT2D eigenvalue weighted by molar-refractivity contribution is -0.150. The lowest BCUT2D eigenvalue weighted by atomic mass is 10.0. The number of aromatic nitrogens is 1. The molecule has 1 fully saturated rings. The Labute approximate surface area is 211 Å². The number of carboxylic acids is 1. The molecule has 0 spiro atoms. The molecule has 1 aromatic rings. The number of esters is 1. The molecule has 2 atom stereocenters. The molecule has 0 aliphatic carbocycles. The summed E-state index contributed by atoms with van der Waals surface area (Å²) in [5.74, 6) is -3.97. The summed E-state index contributed by atoms with van der Waals surface area (Å²) in [4.78, 5) is 70.3. The standard InChI is InChI=1S/C19H20ClN5O8S2/c1-3-33-24-11(10-14(20)35-19(21)23-10)15(28)22-12-16(29)25-13(18(30)31)8(6-34-17(12)25)5-32-9(27)4-7(2)26/h12,17H,3-6H2,1-2H3,(H2,21,23)(H,22,28)(H,30,31)/b24-11-/t12-,17-/m1/s1. The molecule has 0 bridgehead atoms. The summed E-state index contributed by atoms with van der Waals surface area (Å²) in [6, 6.07) is -1.06. The third-order valence-corrected chi connectivity index (χ3v) is 7.09. The van der Waals surface area contributed by atoms with Gasteiger partial charge < -0.3 is 25.7 Å². The smallest absolute Gasteiger partial charge is 0.352 e. The predicted octanol–water partition coefficient (Wildman–Crippen LogP) is 0.380. The van der Waals surface area contributed by atoms with Crippen LogP contribution in [0.2, 0.25) is 4.34 Å². The number of nitrogens with zero attached hydrogens (tertiary/aromatic N) is 3. The van der Waals surface area contributed by atoms with Crippen LogP contribution in [0, 0.1) is 0 Å². The van der Waals surface area contributed by atoms with E-state index in [1.54, 1.807) is 6.92 Å². The van der Waals surface area contributed by atoms with Gasteiger partial charge in [0.25, 0.3) is 11.8 Å². The Kier molecular flexibility index (Phi) is 8.34. The van der Waals surface area contributed by atoms with Gasteiger partial charge in [0, 0.05) is 11.3 Å². The quantitative estimate of drug-likeness (QED) is 0.121. The average Bonchev–Trinajstić information content (AvgIpc) is 3.12. The molecule has 0 radical (unpaired) electrons. The molecule has 1 aromatic heterocycles. The number of halogens is 1. The zero-order chi connectivity index (χ0) is 25.9. The minimum atomic E-state index is -1.39. The Bertz CT molecular complexity index is 1150. The van der Waals surface area contributed by atoms with Gasteiger partial charge in [0.15, 0.2) is 10.8 Å². The van der Waals surface area contributed by atoms with E-state index in [0.717, 1.165) is 16.2 Å². The Hall–Kier alpha value is -3.17. The van der Waals surface area contributed by atoms with E-state index < -0.39 is 47.4 Å². The second-order valence-electron chi connectivity index (χ2n) is 7.19. The van der Waals surface area contributed by atoms with E-state index in [9.17, 15) is 29.1 Å². The number of amides is 2. The van der Waals surface area contributed by atoms with E-state index in [0.29, 0.717) is 0 Å². The number of hydrogen-bond donors (Lipinski definition) is 3. The van der Waals surface area contributed by atoms with E-state index >= 15 is 0 Å². The third kappa shape index (κ3) is 5.74. The maximum absolute atomic E-state index is 12.9. The number of ether oxygens (including phenoxy) is 1. The number of thioether (sulfide) groups is 1. The van der Waals surface area contributed by atoms with E-state index in [4.69, 9.17) is 26.9 Å². The lowest BCUT2D eigenvalue weighted by Gasteiger charge is -2.49. The van der Waals surface area contributed by atoms with Crippen molar-refractivity contribution in [2.24, 2.45) is 5.16 Å². The highest BCUT2D eigenvalue weighted by atomic mass is 35.5. The second-order valence-corrected chi connectivity index (χ2v) is 9.93. The van der Waals surface area contributed by atoms with Crippen molar-refractivity contribution in [3.8, 4) is 0 Å². The van der Waals surface area contributed by atoms with Crippen LogP contribution in [0.1, 0.15) is 26.0 Å². The molecule has 0 saturated carbocycles. The van der Waals surface area contributed by atoms with E-state index in [2.05, 4.69) is 15.5 Å². The number of Topliss-reactive ketones (excluding diaryl/α,β-unsaturated/α-hetero) is 1. The number of nitrogen functional groups attached to an aromatic ring is 1. The zero-order valence-corrected chi connectivity index (χ0v) is 20.8. The first kappa shape index (κ1) is 26.4. The number of anilines is 1. The number of β-lactam (4-membered cyclic amide) rings is 1. The van der Waals surface area contributed by atoms with Gasteiger partial charge in [0.2, 0.25) is 0 Å². The van der Waals surface area contributed by atoms with Crippen LogP contribution in [0.5, 0.6) is 0 Å². The van der Waals surface area contributed by atoms with Crippen molar-refractivity contribution in [2.75, 3.05) is 24.7 Å². The van der Waals surface area contributed by atoms with Crippen LogP contribution in [0.15, 0.2) is 16.4 Å². The number of nitrogens with two attached hydrogens (primary N) is 1. The van der Waals surface area contributed by atoms with Crippen molar-refractivity contribution in [1.82, 2.24) is 15.2 Å². The predicted molar refractivity (Wildman–Crippen MR) is 126 cm³/mol. The maximum Gasteiger partial charge on any atom is 0.352 e. The number of thiazole rings is 1. The number of aliphatic carboxylic acids is 1. The number of ketones is 1. The van der Waals surface area contributed by atoms with Crippen molar-refractivity contribution in [3.05, 3.63) is 21.3 Å². The highest BCUT2D eigenvalue weighted by molar-refractivity contribution is 8.00.